The number of hydrogen-bond acceptors (Lipinski definition) is 2. The van der Waals surface area contributed by atoms with Gasteiger partial charge in [0, 0.05) is 78.0 Å². The van der Waals surface area contributed by atoms with E-state index in [1.165, 1.54) is 71.4 Å². The number of fused-ring (bicyclic) bond motifs is 8. The van der Waals surface area contributed by atoms with E-state index in [1.54, 1.807) is 0 Å². The zero-order valence-corrected chi connectivity index (χ0v) is 35.5. The van der Waals surface area contributed by atoms with Crippen LogP contribution in [0.3, 0.4) is 0 Å². The van der Waals surface area contributed by atoms with Gasteiger partial charge >= 0.3 is 6.85 Å². The van der Waals surface area contributed by atoms with Crippen molar-refractivity contribution in [1.82, 2.24) is 9.05 Å². The molecule has 0 saturated heterocycles. The topological polar surface area (TPSA) is 16.3 Å². The first-order valence-corrected chi connectivity index (χ1v) is 22.4. The minimum absolute atomic E-state index is 0.171. The van der Waals surface area contributed by atoms with Crippen molar-refractivity contribution in [2.45, 2.75) is 0 Å². The van der Waals surface area contributed by atoms with E-state index in [0.717, 1.165) is 34.1 Å². The molecule has 0 radical (unpaired) electrons. The summed E-state index contributed by atoms with van der Waals surface area (Å²) in [6.07, 6.45) is 0. The molecule has 10 aromatic carbocycles. The van der Waals surface area contributed by atoms with E-state index in [0.29, 0.717) is 0 Å². The zero-order chi connectivity index (χ0) is 42.8. The summed E-state index contributed by atoms with van der Waals surface area (Å²) >= 11 is 0. The van der Waals surface area contributed by atoms with E-state index < -0.39 is 0 Å². The lowest BCUT2D eigenvalue weighted by atomic mass is 9.48. The monoisotopic (exact) mass is 828 g/mol. The van der Waals surface area contributed by atoms with Crippen molar-refractivity contribution in [2.24, 2.45) is 0 Å². The molecule has 12 aromatic rings. The quantitative estimate of drug-likeness (QED) is 0.142. The molecule has 65 heavy (non-hydrogen) atoms. The van der Waals surface area contributed by atoms with Gasteiger partial charge in [-0.15, -0.1) is 0 Å². The third-order valence-electron chi connectivity index (χ3n) is 13.3. The maximum absolute atomic E-state index is 2.65. The fourth-order valence-electron chi connectivity index (χ4n) is 10.6. The van der Waals surface area contributed by atoms with Gasteiger partial charge in [0.05, 0.1) is 11.0 Å². The first-order chi connectivity index (χ1) is 32.3. The van der Waals surface area contributed by atoms with E-state index in [2.05, 4.69) is 268 Å². The van der Waals surface area contributed by atoms with Gasteiger partial charge in [-0.3, -0.25) is 0 Å². The highest BCUT2D eigenvalue weighted by Crippen LogP contribution is 2.44. The van der Waals surface area contributed by atoms with Crippen LogP contribution < -0.4 is 20.7 Å². The Bertz CT molecular complexity index is 3640. The summed E-state index contributed by atoms with van der Waals surface area (Å²) in [6.45, 7) is -0.171. The van der Waals surface area contributed by atoms with Crippen molar-refractivity contribution in [1.29, 1.82) is 0 Å². The van der Waals surface area contributed by atoms with E-state index >= 15 is 0 Å². The van der Waals surface area contributed by atoms with Crippen LogP contribution in [0.4, 0.5) is 34.1 Å². The van der Waals surface area contributed by atoms with Gasteiger partial charge < -0.3 is 18.8 Å². The average Bonchev–Trinajstić information content (AvgIpc) is 3.89. The van der Waals surface area contributed by atoms with Crippen molar-refractivity contribution in [2.75, 3.05) is 9.80 Å². The predicted molar refractivity (Wildman–Crippen MR) is 275 cm³/mol. The molecule has 1 aliphatic heterocycles. The lowest BCUT2D eigenvalue weighted by Crippen LogP contribution is -2.53. The molecule has 0 bridgehead atoms. The maximum Gasteiger partial charge on any atom is 0.332 e. The summed E-state index contributed by atoms with van der Waals surface area (Å²) in [7, 11) is 0. The van der Waals surface area contributed by atoms with Crippen LogP contribution in [0.1, 0.15) is 0 Å². The van der Waals surface area contributed by atoms with Crippen LogP contribution in [0.5, 0.6) is 0 Å². The smallest absolute Gasteiger partial charge is 0.332 e. The van der Waals surface area contributed by atoms with Gasteiger partial charge in [0.1, 0.15) is 0 Å². The number of rotatable bonds is 8. The molecule has 5 heteroatoms. The van der Waals surface area contributed by atoms with E-state index in [9.17, 15) is 0 Å². The Morgan fingerprint density at radius 2 is 0.831 bits per heavy atom. The lowest BCUT2D eigenvalue weighted by Gasteiger charge is -2.31. The van der Waals surface area contributed by atoms with Crippen LogP contribution in [-0.2, 0) is 0 Å². The van der Waals surface area contributed by atoms with Crippen molar-refractivity contribution in [3.8, 4) is 16.8 Å². The zero-order valence-electron chi connectivity index (χ0n) is 35.5. The van der Waals surface area contributed by atoms with Gasteiger partial charge in [0.25, 0.3) is 0 Å². The molecule has 13 rings (SSSR count). The molecule has 3 heterocycles. The molecule has 0 aliphatic carbocycles. The second-order valence-corrected chi connectivity index (χ2v) is 16.9. The van der Waals surface area contributed by atoms with Gasteiger partial charge in [-0.1, -0.05) is 158 Å². The Hall–Kier alpha value is -8.54. The Morgan fingerprint density at radius 3 is 1.48 bits per heavy atom. The molecule has 0 unspecified atom stereocenters. The molecule has 4 nitrogen and oxygen atoms in total. The standard InChI is InChI=1S/C60H41BN4/c1-6-21-42(22-7-1)49-32-20-33-51-50-31-16-18-35-57(50)65(59(49)51)61-54-34-17-19-36-58(54)64-56-38-37-47(62(43-23-8-2-9-24-43)44-25-10-3-11-26-44)39-52(56)53-40-48(41-55(61)60(53)64)63(45-27-12-4-13-28-45)46-29-14-5-15-30-46/h1-41H. The third-order valence-corrected chi connectivity index (χ3v) is 13.3. The van der Waals surface area contributed by atoms with Gasteiger partial charge in [0.15, 0.2) is 0 Å². The number of hydrogen-bond donors (Lipinski definition) is 0. The molecule has 2 aromatic heterocycles. The number of para-hydroxylation sites is 7. The molecule has 304 valence electrons. The fraction of sp³-hybridized carbons (Fsp3) is 0. The lowest BCUT2D eigenvalue weighted by molar-refractivity contribution is 1.18. The molecular weight excluding hydrogens is 787 g/mol. The van der Waals surface area contributed by atoms with Crippen molar-refractivity contribution in [3.05, 3.63) is 249 Å². The minimum atomic E-state index is -0.171. The van der Waals surface area contributed by atoms with Crippen LogP contribution in [0, 0.1) is 0 Å². The van der Waals surface area contributed by atoms with Gasteiger partial charge in [-0.25, -0.2) is 0 Å². The highest BCUT2D eigenvalue weighted by molar-refractivity contribution is 6.88. The number of benzene rings is 10. The molecule has 0 atom stereocenters. The second-order valence-electron chi connectivity index (χ2n) is 16.9. The first kappa shape index (κ1) is 37.1. The van der Waals surface area contributed by atoms with Crippen LogP contribution in [0.15, 0.2) is 249 Å². The summed E-state index contributed by atoms with van der Waals surface area (Å²) < 4.78 is 5.19. The van der Waals surface area contributed by atoms with Crippen LogP contribution in [0.25, 0.3) is 60.4 Å². The molecule has 0 saturated carbocycles. The number of nitrogens with zero attached hydrogens (tertiary/aromatic N) is 4. The predicted octanol–water partition coefficient (Wildman–Crippen LogP) is 14.5. The van der Waals surface area contributed by atoms with Gasteiger partial charge in [-0.05, 0) is 107 Å². The Kier molecular flexibility index (Phi) is 8.60. The van der Waals surface area contributed by atoms with E-state index in [-0.39, 0.29) is 6.85 Å². The van der Waals surface area contributed by atoms with Crippen LogP contribution in [-0.4, -0.2) is 15.9 Å². The molecule has 0 N–H and O–H groups in total. The molecule has 0 spiro atoms. The normalized spacial score (nSPS) is 12.0. The fourth-order valence-corrected chi connectivity index (χ4v) is 10.6. The summed E-state index contributed by atoms with van der Waals surface area (Å²) in [4.78, 5) is 4.79. The highest BCUT2D eigenvalue weighted by atomic mass is 15.2. The van der Waals surface area contributed by atoms with E-state index in [4.69, 9.17) is 0 Å². The second kappa shape index (κ2) is 15.1. The Morgan fingerprint density at radius 1 is 0.308 bits per heavy atom. The summed E-state index contributed by atoms with van der Waals surface area (Å²) in [5.74, 6) is 0. The number of aromatic nitrogens is 2. The van der Waals surface area contributed by atoms with E-state index in [1.807, 2.05) is 0 Å². The number of anilines is 6. The molecule has 0 fully saturated rings. The average molecular weight is 829 g/mol. The van der Waals surface area contributed by atoms with Gasteiger partial charge in [-0.2, -0.15) is 0 Å². The Labute approximate surface area is 378 Å². The third kappa shape index (κ3) is 5.86. The SMILES string of the molecule is c1ccc(-c2cccc3c4ccccc4n(B4c5ccccc5-n5c6ccc(N(c7ccccc7)c7ccccc7)cc6c6cc(N(c7ccccc7)c7ccccc7)cc4c65)c23)cc1. The van der Waals surface area contributed by atoms with Crippen molar-refractivity contribution < 1.29 is 0 Å². The maximum atomic E-state index is 2.65. The van der Waals surface area contributed by atoms with Crippen molar-refractivity contribution >= 4 is 95.5 Å². The van der Waals surface area contributed by atoms with Crippen LogP contribution in [0.2, 0.25) is 0 Å². The Balaban J connectivity index is 1.18. The highest BCUT2D eigenvalue weighted by Gasteiger charge is 2.38. The largest absolute Gasteiger partial charge is 0.375 e. The minimum Gasteiger partial charge on any atom is -0.375 e. The molecule has 1 aliphatic rings. The van der Waals surface area contributed by atoms with Crippen molar-refractivity contribution in [3.63, 3.8) is 0 Å². The summed E-state index contributed by atoms with van der Waals surface area (Å²) in [5, 5.41) is 4.90. The summed E-state index contributed by atoms with van der Waals surface area (Å²) in [5.41, 5.74) is 17.6. The molecule has 0 amide bonds. The molecular formula is C60H41BN4. The first-order valence-electron chi connectivity index (χ1n) is 22.4. The van der Waals surface area contributed by atoms with Crippen LogP contribution >= 0.6 is 0 Å². The van der Waals surface area contributed by atoms with Gasteiger partial charge in [0.2, 0.25) is 0 Å². The summed E-state index contributed by atoms with van der Waals surface area (Å²) in [6, 6.07) is 90.7.